The largest absolute Gasteiger partial charge is 0.460 e. The van der Waals surface area contributed by atoms with Crippen molar-refractivity contribution in [2.75, 3.05) is 27.2 Å². The summed E-state index contributed by atoms with van der Waals surface area (Å²) in [5.74, 6) is -0.0637. The Bertz CT molecular complexity index is 248. The molecule has 0 bridgehead atoms. The third kappa shape index (κ3) is 3.96. The Morgan fingerprint density at radius 2 is 2.24 bits per heavy atom. The Morgan fingerprint density at radius 1 is 1.53 bits per heavy atom. The number of carbonyl (C=O) groups excluding carboxylic acids is 1. The van der Waals surface area contributed by atoms with Crippen molar-refractivity contribution in [1.82, 2.24) is 10.2 Å². The van der Waals surface area contributed by atoms with Gasteiger partial charge in [-0.05, 0) is 46.8 Å². The van der Waals surface area contributed by atoms with Crippen molar-refractivity contribution in [3.8, 4) is 0 Å². The molecule has 2 unspecified atom stereocenters. The molecule has 1 fully saturated rings. The lowest BCUT2D eigenvalue weighted by atomic mass is 9.92. The van der Waals surface area contributed by atoms with Crippen molar-refractivity contribution in [2.24, 2.45) is 0 Å². The number of esters is 1. The maximum Gasteiger partial charge on any atom is 0.326 e. The molecule has 100 valence electrons. The first-order valence-electron chi connectivity index (χ1n) is 6.61. The summed E-state index contributed by atoms with van der Waals surface area (Å²) in [6.45, 7) is 5.76. The van der Waals surface area contributed by atoms with Crippen LogP contribution in [-0.4, -0.2) is 49.7 Å². The first-order valence-corrected chi connectivity index (χ1v) is 6.61. The summed E-state index contributed by atoms with van der Waals surface area (Å²) in [4.78, 5) is 14.3. The standard InChI is InChI=1S/C13H26N2O2/c1-5-7-13(8-6-9-14-13)12(16)17-11(2)10-15(3)4/h11,14H,5-10H2,1-4H3. The van der Waals surface area contributed by atoms with E-state index in [9.17, 15) is 4.79 Å². The summed E-state index contributed by atoms with van der Waals surface area (Å²) in [6.07, 6.45) is 3.81. The van der Waals surface area contributed by atoms with E-state index in [1.807, 2.05) is 25.9 Å². The van der Waals surface area contributed by atoms with Crippen LogP contribution in [0, 0.1) is 0 Å². The molecule has 1 N–H and O–H groups in total. The van der Waals surface area contributed by atoms with Crippen LogP contribution in [0.1, 0.15) is 39.5 Å². The van der Waals surface area contributed by atoms with Crippen LogP contribution in [0.15, 0.2) is 0 Å². The lowest BCUT2D eigenvalue weighted by Gasteiger charge is -2.29. The maximum atomic E-state index is 12.2. The van der Waals surface area contributed by atoms with Gasteiger partial charge in [-0.2, -0.15) is 0 Å². The smallest absolute Gasteiger partial charge is 0.326 e. The molecule has 17 heavy (non-hydrogen) atoms. The molecule has 4 heteroatoms. The van der Waals surface area contributed by atoms with E-state index < -0.39 is 5.54 Å². The third-order valence-corrected chi connectivity index (χ3v) is 3.24. The highest BCUT2D eigenvalue weighted by molar-refractivity contribution is 5.81. The second kappa shape index (κ2) is 6.36. The van der Waals surface area contributed by atoms with Gasteiger partial charge >= 0.3 is 5.97 Å². The number of nitrogens with zero attached hydrogens (tertiary/aromatic N) is 1. The fourth-order valence-corrected chi connectivity index (χ4v) is 2.57. The number of rotatable bonds is 6. The van der Waals surface area contributed by atoms with Crippen molar-refractivity contribution >= 4 is 5.97 Å². The molecule has 1 rings (SSSR count). The minimum absolute atomic E-state index is 0.0476. The molecule has 2 atom stereocenters. The van der Waals surface area contributed by atoms with Gasteiger partial charge in [0, 0.05) is 6.54 Å². The van der Waals surface area contributed by atoms with Crippen molar-refractivity contribution < 1.29 is 9.53 Å². The zero-order chi connectivity index (χ0) is 12.9. The van der Waals surface area contributed by atoms with E-state index in [1.165, 1.54) is 0 Å². The van der Waals surface area contributed by atoms with Crippen LogP contribution in [0.4, 0.5) is 0 Å². The summed E-state index contributed by atoms with van der Waals surface area (Å²) >= 11 is 0. The molecule has 1 aliphatic heterocycles. The highest BCUT2D eigenvalue weighted by Crippen LogP contribution is 2.26. The van der Waals surface area contributed by atoms with Crippen LogP contribution in [0.3, 0.4) is 0 Å². The molecular formula is C13H26N2O2. The average molecular weight is 242 g/mol. The van der Waals surface area contributed by atoms with E-state index in [-0.39, 0.29) is 12.1 Å². The van der Waals surface area contributed by atoms with Crippen molar-refractivity contribution in [3.05, 3.63) is 0 Å². The molecule has 1 heterocycles. The van der Waals surface area contributed by atoms with E-state index in [2.05, 4.69) is 12.2 Å². The van der Waals surface area contributed by atoms with E-state index in [0.717, 1.165) is 38.8 Å². The van der Waals surface area contributed by atoms with Gasteiger partial charge in [0.25, 0.3) is 0 Å². The van der Waals surface area contributed by atoms with Crippen molar-refractivity contribution in [1.29, 1.82) is 0 Å². The van der Waals surface area contributed by atoms with Gasteiger partial charge in [-0.1, -0.05) is 13.3 Å². The third-order valence-electron chi connectivity index (χ3n) is 3.24. The number of hydrogen-bond donors (Lipinski definition) is 1. The van der Waals surface area contributed by atoms with Gasteiger partial charge in [0.05, 0.1) is 0 Å². The van der Waals surface area contributed by atoms with E-state index in [4.69, 9.17) is 4.74 Å². The zero-order valence-electron chi connectivity index (χ0n) is 11.6. The summed E-state index contributed by atoms with van der Waals surface area (Å²) in [7, 11) is 3.97. The topological polar surface area (TPSA) is 41.6 Å². The van der Waals surface area contributed by atoms with E-state index in [0.29, 0.717) is 0 Å². The number of carbonyl (C=O) groups is 1. The molecule has 0 aromatic carbocycles. The molecular weight excluding hydrogens is 216 g/mol. The number of likely N-dealkylation sites (N-methyl/N-ethyl adjacent to an activating group) is 1. The highest BCUT2D eigenvalue weighted by atomic mass is 16.5. The first-order chi connectivity index (χ1) is 8.00. The molecule has 0 spiro atoms. The van der Waals surface area contributed by atoms with Gasteiger partial charge in [0.1, 0.15) is 11.6 Å². The highest BCUT2D eigenvalue weighted by Gasteiger charge is 2.41. The number of nitrogens with one attached hydrogen (secondary N) is 1. The minimum atomic E-state index is -0.407. The second-order valence-electron chi connectivity index (χ2n) is 5.34. The van der Waals surface area contributed by atoms with E-state index >= 15 is 0 Å². The molecule has 1 aliphatic rings. The van der Waals surface area contributed by atoms with Crippen LogP contribution in [0.25, 0.3) is 0 Å². The van der Waals surface area contributed by atoms with Crippen molar-refractivity contribution in [3.63, 3.8) is 0 Å². The predicted octanol–water partition coefficient (Wildman–Crippen LogP) is 1.40. The van der Waals surface area contributed by atoms with Gasteiger partial charge in [-0.25, -0.2) is 0 Å². The SMILES string of the molecule is CCCC1(C(=O)OC(C)CN(C)C)CCCN1. The molecule has 0 amide bonds. The lowest BCUT2D eigenvalue weighted by molar-refractivity contribution is -0.156. The predicted molar refractivity (Wildman–Crippen MR) is 69.0 cm³/mol. The Morgan fingerprint density at radius 3 is 2.71 bits per heavy atom. The summed E-state index contributed by atoms with van der Waals surface area (Å²) < 4.78 is 5.56. The zero-order valence-corrected chi connectivity index (χ0v) is 11.6. The number of hydrogen-bond acceptors (Lipinski definition) is 4. The van der Waals surface area contributed by atoms with Gasteiger partial charge in [-0.15, -0.1) is 0 Å². The molecule has 0 aromatic rings. The Labute approximate surface area is 105 Å². The monoisotopic (exact) mass is 242 g/mol. The molecule has 0 radical (unpaired) electrons. The van der Waals surface area contributed by atoms with Crippen molar-refractivity contribution in [2.45, 2.75) is 51.2 Å². The van der Waals surface area contributed by atoms with Crippen LogP contribution < -0.4 is 5.32 Å². The van der Waals surface area contributed by atoms with Crippen LogP contribution in [0.2, 0.25) is 0 Å². The second-order valence-corrected chi connectivity index (χ2v) is 5.34. The number of ether oxygens (including phenoxy) is 1. The van der Waals surface area contributed by atoms with Crippen LogP contribution in [-0.2, 0) is 9.53 Å². The molecule has 4 nitrogen and oxygen atoms in total. The maximum absolute atomic E-state index is 12.2. The summed E-state index contributed by atoms with van der Waals surface area (Å²) in [5.41, 5.74) is -0.407. The Balaban J connectivity index is 2.54. The fourth-order valence-electron chi connectivity index (χ4n) is 2.57. The quantitative estimate of drug-likeness (QED) is 0.715. The summed E-state index contributed by atoms with van der Waals surface area (Å²) in [6, 6.07) is 0. The Kier molecular flexibility index (Phi) is 5.40. The lowest BCUT2D eigenvalue weighted by Crippen LogP contribution is -2.50. The van der Waals surface area contributed by atoms with Crippen LogP contribution in [0.5, 0.6) is 0 Å². The Hall–Kier alpha value is -0.610. The van der Waals surface area contributed by atoms with Gasteiger partial charge in [0.15, 0.2) is 0 Å². The molecule has 1 saturated heterocycles. The van der Waals surface area contributed by atoms with E-state index in [1.54, 1.807) is 0 Å². The first kappa shape index (κ1) is 14.5. The van der Waals surface area contributed by atoms with Crippen LogP contribution >= 0.6 is 0 Å². The fraction of sp³-hybridized carbons (Fsp3) is 0.923. The molecule has 0 aromatic heterocycles. The average Bonchev–Trinajstić information content (AvgIpc) is 2.66. The molecule has 0 aliphatic carbocycles. The van der Waals surface area contributed by atoms with Gasteiger partial charge < -0.3 is 15.0 Å². The molecule has 0 saturated carbocycles. The summed E-state index contributed by atoms with van der Waals surface area (Å²) in [5, 5.41) is 3.34. The minimum Gasteiger partial charge on any atom is -0.460 e. The van der Waals surface area contributed by atoms with Gasteiger partial charge in [0.2, 0.25) is 0 Å². The van der Waals surface area contributed by atoms with Gasteiger partial charge in [-0.3, -0.25) is 4.79 Å². The normalized spacial score (nSPS) is 26.2.